The summed E-state index contributed by atoms with van der Waals surface area (Å²) in [5, 5.41) is 17.9. The van der Waals surface area contributed by atoms with Gasteiger partial charge in [-0.15, -0.1) is 0 Å². The van der Waals surface area contributed by atoms with Crippen LogP contribution in [0.5, 0.6) is 0 Å². The molecule has 0 bridgehead atoms. The Morgan fingerprint density at radius 2 is 0.887 bits per heavy atom. The fourth-order valence-electron chi connectivity index (χ4n) is 9.29. The quantitative estimate of drug-likeness (QED) is 0.171. The third-order valence-electron chi connectivity index (χ3n) is 11.5. The minimum Gasteiger partial charge on any atom is -0.292 e. The molecule has 11 aromatic carbocycles. The minimum atomic E-state index is 0.942. The lowest BCUT2D eigenvalue weighted by atomic mass is 9.85. The van der Waals surface area contributed by atoms with Crippen LogP contribution in [0.4, 0.5) is 0 Å². The average Bonchev–Trinajstić information content (AvgIpc) is 3.61. The molecule has 0 aliphatic heterocycles. The number of para-hydroxylation sites is 2. The number of hydrogen-bond acceptors (Lipinski definition) is 1. The number of nitrogens with zero attached hydrogens (tertiary/aromatic N) is 2. The van der Waals surface area contributed by atoms with Crippen molar-refractivity contribution in [2.45, 2.75) is 0 Å². The monoisotopic (exact) mass is 670 g/mol. The van der Waals surface area contributed by atoms with Crippen LogP contribution >= 0.6 is 0 Å². The first-order valence-electron chi connectivity index (χ1n) is 18.3. The SMILES string of the molecule is c1ccc(-c2nc3ccccc3n2-c2ccc(-c3cc4cccc5c6cccc7ccc8cccc(c9cccc3c9c45)c8c76)c3ccccc23)cc1. The Morgan fingerprint density at radius 3 is 1.62 bits per heavy atom. The molecular formula is C51H30N2. The molecule has 0 saturated carbocycles. The number of aromatic nitrogens is 2. The van der Waals surface area contributed by atoms with Crippen molar-refractivity contribution >= 4 is 86.4 Å². The van der Waals surface area contributed by atoms with Crippen molar-refractivity contribution in [1.29, 1.82) is 0 Å². The molecule has 0 unspecified atom stereocenters. The van der Waals surface area contributed by atoms with Gasteiger partial charge in [0.05, 0.1) is 16.7 Å². The Balaban J connectivity index is 1.22. The van der Waals surface area contributed by atoms with Gasteiger partial charge in [0, 0.05) is 10.9 Å². The lowest BCUT2D eigenvalue weighted by Gasteiger charge is -2.19. The second-order valence-electron chi connectivity index (χ2n) is 14.2. The van der Waals surface area contributed by atoms with Crippen LogP contribution in [0.1, 0.15) is 0 Å². The Kier molecular flexibility index (Phi) is 5.80. The topological polar surface area (TPSA) is 17.8 Å². The normalized spacial score (nSPS) is 12.2. The second-order valence-corrected chi connectivity index (χ2v) is 14.2. The summed E-state index contributed by atoms with van der Waals surface area (Å²) in [6, 6.07) is 66.9. The Hall–Kier alpha value is -7.03. The predicted octanol–water partition coefficient (Wildman–Crippen LogP) is 13.9. The molecule has 0 saturated heterocycles. The summed E-state index contributed by atoms with van der Waals surface area (Å²) in [7, 11) is 0. The number of rotatable bonds is 3. The lowest BCUT2D eigenvalue weighted by Crippen LogP contribution is -1.99. The van der Waals surface area contributed by atoms with E-state index in [-0.39, 0.29) is 0 Å². The maximum absolute atomic E-state index is 5.17. The summed E-state index contributed by atoms with van der Waals surface area (Å²) in [5.74, 6) is 0.942. The van der Waals surface area contributed by atoms with Gasteiger partial charge in [0.15, 0.2) is 0 Å². The van der Waals surface area contributed by atoms with Gasteiger partial charge >= 0.3 is 0 Å². The Bertz CT molecular complexity index is 3440. The van der Waals surface area contributed by atoms with Gasteiger partial charge in [0.25, 0.3) is 0 Å². The molecule has 0 N–H and O–H groups in total. The second kappa shape index (κ2) is 10.7. The summed E-state index contributed by atoms with van der Waals surface area (Å²) in [5.41, 5.74) is 6.76. The standard InChI is InChI=1S/C51H30N2/c1-2-12-33(13-3-1)51-52-44-24-6-7-25-46(44)53(51)45-29-28-36(35-17-4-5-18-37(35)45)43-30-34-16-10-21-39-38-19-8-14-31-26-27-32-15-9-20-40(48(32)47(31)38)41-22-11-23-42(43)50(41)49(34)39/h1-30H. The molecule has 0 aliphatic rings. The fourth-order valence-corrected chi connectivity index (χ4v) is 9.29. The number of benzene rings is 10. The molecular weight excluding hydrogens is 641 g/mol. The van der Waals surface area contributed by atoms with E-state index in [1.807, 2.05) is 0 Å². The van der Waals surface area contributed by atoms with Crippen molar-refractivity contribution in [3.05, 3.63) is 182 Å². The smallest absolute Gasteiger partial charge is 0.145 e. The van der Waals surface area contributed by atoms with E-state index < -0.39 is 0 Å². The third-order valence-corrected chi connectivity index (χ3v) is 11.5. The predicted molar refractivity (Wildman–Crippen MR) is 226 cm³/mol. The van der Waals surface area contributed by atoms with Crippen LogP contribution in [-0.4, -0.2) is 9.55 Å². The molecule has 2 heteroatoms. The first kappa shape index (κ1) is 28.6. The number of imidazole rings is 1. The van der Waals surface area contributed by atoms with Crippen molar-refractivity contribution in [2.75, 3.05) is 0 Å². The van der Waals surface area contributed by atoms with Crippen molar-refractivity contribution in [1.82, 2.24) is 9.55 Å². The zero-order valence-corrected chi connectivity index (χ0v) is 28.7. The zero-order valence-electron chi connectivity index (χ0n) is 28.7. The molecule has 12 rings (SSSR count). The van der Waals surface area contributed by atoms with Gasteiger partial charge in [0.1, 0.15) is 5.82 Å². The van der Waals surface area contributed by atoms with Gasteiger partial charge in [-0.3, -0.25) is 4.57 Å². The van der Waals surface area contributed by atoms with Gasteiger partial charge in [-0.1, -0.05) is 158 Å². The van der Waals surface area contributed by atoms with Crippen LogP contribution in [-0.2, 0) is 0 Å². The molecule has 53 heavy (non-hydrogen) atoms. The summed E-state index contributed by atoms with van der Waals surface area (Å²) < 4.78 is 2.34. The molecule has 0 spiro atoms. The average molecular weight is 671 g/mol. The van der Waals surface area contributed by atoms with Gasteiger partial charge < -0.3 is 0 Å². The van der Waals surface area contributed by atoms with E-state index in [9.17, 15) is 0 Å². The molecule has 0 atom stereocenters. The minimum absolute atomic E-state index is 0.942. The number of hydrogen-bond donors (Lipinski definition) is 0. The summed E-state index contributed by atoms with van der Waals surface area (Å²) in [6.07, 6.45) is 0. The van der Waals surface area contributed by atoms with E-state index >= 15 is 0 Å². The van der Waals surface area contributed by atoms with Crippen molar-refractivity contribution in [3.63, 3.8) is 0 Å². The Morgan fingerprint density at radius 1 is 0.340 bits per heavy atom. The molecule has 1 heterocycles. The van der Waals surface area contributed by atoms with Gasteiger partial charge in [-0.2, -0.15) is 0 Å². The van der Waals surface area contributed by atoms with E-state index in [0.29, 0.717) is 0 Å². The summed E-state index contributed by atoms with van der Waals surface area (Å²) in [6.45, 7) is 0. The molecule has 2 nitrogen and oxygen atoms in total. The van der Waals surface area contributed by atoms with Crippen LogP contribution in [0, 0.1) is 0 Å². The summed E-state index contributed by atoms with van der Waals surface area (Å²) >= 11 is 0. The van der Waals surface area contributed by atoms with Gasteiger partial charge in [-0.25, -0.2) is 4.98 Å². The molecule has 12 aromatic rings. The highest BCUT2D eigenvalue weighted by atomic mass is 15.1. The van der Waals surface area contributed by atoms with E-state index in [4.69, 9.17) is 4.98 Å². The number of fused-ring (bicyclic) bond motifs is 4. The van der Waals surface area contributed by atoms with Gasteiger partial charge in [-0.05, 0) is 105 Å². The van der Waals surface area contributed by atoms with E-state index in [1.54, 1.807) is 0 Å². The van der Waals surface area contributed by atoms with E-state index in [2.05, 4.69) is 187 Å². The molecule has 244 valence electrons. The zero-order chi connectivity index (χ0) is 34.6. The summed E-state index contributed by atoms with van der Waals surface area (Å²) in [4.78, 5) is 5.17. The highest BCUT2D eigenvalue weighted by Gasteiger charge is 2.21. The van der Waals surface area contributed by atoms with Crippen LogP contribution < -0.4 is 0 Å². The molecule has 0 radical (unpaired) electrons. The highest BCUT2D eigenvalue weighted by molar-refractivity contribution is 6.38. The maximum Gasteiger partial charge on any atom is 0.145 e. The highest BCUT2D eigenvalue weighted by Crippen LogP contribution is 2.47. The van der Waals surface area contributed by atoms with Crippen molar-refractivity contribution < 1.29 is 0 Å². The van der Waals surface area contributed by atoms with E-state index in [1.165, 1.54) is 86.5 Å². The van der Waals surface area contributed by atoms with Crippen LogP contribution in [0.2, 0.25) is 0 Å². The maximum atomic E-state index is 5.17. The largest absolute Gasteiger partial charge is 0.292 e. The van der Waals surface area contributed by atoms with Crippen molar-refractivity contribution in [2.24, 2.45) is 0 Å². The first-order valence-corrected chi connectivity index (χ1v) is 18.3. The Labute approximate surface area is 305 Å². The molecule has 0 fully saturated rings. The van der Waals surface area contributed by atoms with Crippen LogP contribution in [0.15, 0.2) is 182 Å². The fraction of sp³-hybridized carbons (Fsp3) is 0. The van der Waals surface area contributed by atoms with Gasteiger partial charge in [0.2, 0.25) is 0 Å². The van der Waals surface area contributed by atoms with Crippen LogP contribution in [0.25, 0.3) is 115 Å². The molecule has 0 aliphatic carbocycles. The first-order chi connectivity index (χ1) is 26.3. The lowest BCUT2D eigenvalue weighted by molar-refractivity contribution is 1.11. The van der Waals surface area contributed by atoms with Crippen LogP contribution in [0.3, 0.4) is 0 Å². The molecule has 1 aromatic heterocycles. The van der Waals surface area contributed by atoms with Crippen molar-refractivity contribution in [3.8, 4) is 28.2 Å². The van der Waals surface area contributed by atoms with E-state index in [0.717, 1.165) is 28.1 Å². The molecule has 0 amide bonds. The third kappa shape index (κ3) is 3.95.